The topological polar surface area (TPSA) is 104 Å². The van der Waals surface area contributed by atoms with Crippen molar-refractivity contribution < 1.29 is 22.8 Å². The SMILES string of the molecule is CCCNC(=O)[C@@H](Cc1ccccc1)N(Cc1cccc(Br)c1)C(=O)CN1C(=O)c2ccccc2S1(=O)=O. The second-order valence-electron chi connectivity index (χ2n) is 8.96. The average molecular weight is 599 g/mol. The molecule has 0 radical (unpaired) electrons. The fraction of sp³-hybridized carbons (Fsp3) is 0.250. The van der Waals surface area contributed by atoms with Gasteiger partial charge in [-0.1, -0.05) is 77.5 Å². The van der Waals surface area contributed by atoms with E-state index < -0.39 is 34.4 Å². The maximum Gasteiger partial charge on any atom is 0.269 e. The number of hydrogen-bond acceptors (Lipinski definition) is 5. The van der Waals surface area contributed by atoms with Crippen LogP contribution in [0.1, 0.15) is 34.8 Å². The lowest BCUT2D eigenvalue weighted by Gasteiger charge is -2.32. The van der Waals surface area contributed by atoms with Crippen molar-refractivity contribution >= 4 is 43.7 Å². The summed E-state index contributed by atoms with van der Waals surface area (Å²) in [6.45, 7) is 1.69. The normalized spacial score (nSPS) is 14.6. The van der Waals surface area contributed by atoms with E-state index in [4.69, 9.17) is 0 Å². The number of halogens is 1. The molecule has 38 heavy (non-hydrogen) atoms. The second-order valence-corrected chi connectivity index (χ2v) is 11.7. The third kappa shape index (κ3) is 5.97. The maximum absolute atomic E-state index is 13.9. The van der Waals surface area contributed by atoms with Crippen molar-refractivity contribution in [1.82, 2.24) is 14.5 Å². The monoisotopic (exact) mass is 597 g/mol. The summed E-state index contributed by atoms with van der Waals surface area (Å²) in [5.74, 6) is -1.76. The molecule has 0 fully saturated rings. The number of benzene rings is 3. The lowest BCUT2D eigenvalue weighted by atomic mass is 10.0. The minimum atomic E-state index is -4.19. The second kappa shape index (κ2) is 11.9. The highest BCUT2D eigenvalue weighted by Gasteiger charge is 2.43. The van der Waals surface area contributed by atoms with Gasteiger partial charge in [-0.2, -0.15) is 0 Å². The van der Waals surface area contributed by atoms with Crippen LogP contribution in [0.15, 0.2) is 88.2 Å². The van der Waals surface area contributed by atoms with Gasteiger partial charge in [-0.25, -0.2) is 12.7 Å². The van der Waals surface area contributed by atoms with Crippen molar-refractivity contribution in [2.75, 3.05) is 13.1 Å². The molecule has 0 saturated carbocycles. The molecule has 0 saturated heterocycles. The molecule has 1 aliphatic rings. The van der Waals surface area contributed by atoms with E-state index in [0.29, 0.717) is 17.3 Å². The van der Waals surface area contributed by atoms with E-state index in [9.17, 15) is 22.8 Å². The average Bonchev–Trinajstić information content (AvgIpc) is 3.10. The van der Waals surface area contributed by atoms with E-state index in [1.807, 2.05) is 61.5 Å². The summed E-state index contributed by atoms with van der Waals surface area (Å²) in [6.07, 6.45) is 0.930. The summed E-state index contributed by atoms with van der Waals surface area (Å²) in [4.78, 5) is 41.5. The van der Waals surface area contributed by atoms with E-state index >= 15 is 0 Å². The Labute approximate surface area is 230 Å². The fourth-order valence-electron chi connectivity index (χ4n) is 4.35. The standard InChI is InChI=1S/C28H28BrN3O5S/c1-2-15-30-27(34)24(17-20-9-4-3-5-10-20)31(18-21-11-8-12-22(29)16-21)26(33)19-32-28(35)23-13-6-7-14-25(23)38(32,36)37/h3-14,16,24H,2,15,17-19H2,1H3,(H,30,34)/t24-/m1/s1. The van der Waals surface area contributed by atoms with E-state index in [2.05, 4.69) is 21.2 Å². The number of carbonyl (C=O) groups excluding carboxylic acids is 3. The van der Waals surface area contributed by atoms with E-state index in [-0.39, 0.29) is 29.3 Å². The predicted octanol–water partition coefficient (Wildman–Crippen LogP) is 3.76. The minimum absolute atomic E-state index is 0.0281. The Balaban J connectivity index is 1.70. The number of rotatable bonds is 10. The molecule has 3 aromatic rings. The van der Waals surface area contributed by atoms with Crippen molar-refractivity contribution in [3.63, 3.8) is 0 Å². The van der Waals surface area contributed by atoms with Crippen LogP contribution in [0.5, 0.6) is 0 Å². The minimum Gasteiger partial charge on any atom is -0.354 e. The zero-order valence-electron chi connectivity index (χ0n) is 20.8. The maximum atomic E-state index is 13.9. The lowest BCUT2D eigenvalue weighted by Crippen LogP contribution is -2.53. The Morgan fingerprint density at radius 2 is 1.66 bits per heavy atom. The van der Waals surface area contributed by atoms with Crippen LogP contribution in [0.25, 0.3) is 0 Å². The summed E-state index contributed by atoms with van der Waals surface area (Å²) in [7, 11) is -4.19. The van der Waals surface area contributed by atoms with Crippen LogP contribution in [-0.4, -0.2) is 54.5 Å². The third-order valence-electron chi connectivity index (χ3n) is 6.25. The largest absolute Gasteiger partial charge is 0.354 e. The number of nitrogens with one attached hydrogen (secondary N) is 1. The summed E-state index contributed by atoms with van der Waals surface area (Å²) < 4.78 is 27.7. The zero-order valence-corrected chi connectivity index (χ0v) is 23.2. The van der Waals surface area contributed by atoms with Gasteiger partial charge in [0.2, 0.25) is 11.8 Å². The first-order valence-corrected chi connectivity index (χ1v) is 14.5. The van der Waals surface area contributed by atoms with E-state index in [0.717, 1.165) is 15.6 Å². The van der Waals surface area contributed by atoms with Crippen LogP contribution in [0, 0.1) is 0 Å². The molecular formula is C28H28BrN3O5S. The number of sulfonamides is 1. The molecule has 3 amide bonds. The van der Waals surface area contributed by atoms with Gasteiger partial charge in [0.25, 0.3) is 15.9 Å². The molecule has 4 rings (SSSR count). The van der Waals surface area contributed by atoms with Gasteiger partial charge in [-0.15, -0.1) is 0 Å². The molecule has 1 aliphatic heterocycles. The van der Waals surface area contributed by atoms with Crippen molar-refractivity contribution in [2.45, 2.75) is 37.2 Å². The predicted molar refractivity (Wildman–Crippen MR) is 147 cm³/mol. The zero-order chi connectivity index (χ0) is 27.3. The van der Waals surface area contributed by atoms with Crippen LogP contribution >= 0.6 is 15.9 Å². The number of carbonyl (C=O) groups is 3. The molecule has 0 aliphatic carbocycles. The van der Waals surface area contributed by atoms with Crippen LogP contribution in [0.4, 0.5) is 0 Å². The molecule has 1 heterocycles. The number of hydrogen-bond donors (Lipinski definition) is 1. The molecule has 8 nitrogen and oxygen atoms in total. The molecule has 3 aromatic carbocycles. The quantitative estimate of drug-likeness (QED) is 0.383. The number of amides is 3. The van der Waals surface area contributed by atoms with Gasteiger partial charge in [0.15, 0.2) is 0 Å². The van der Waals surface area contributed by atoms with Crippen molar-refractivity contribution in [3.8, 4) is 0 Å². The Kier molecular flexibility index (Phi) is 8.63. The molecule has 1 N–H and O–H groups in total. The Morgan fingerprint density at radius 1 is 0.974 bits per heavy atom. The van der Waals surface area contributed by atoms with Crippen molar-refractivity contribution in [1.29, 1.82) is 0 Å². The molecule has 10 heteroatoms. The van der Waals surface area contributed by atoms with Crippen molar-refractivity contribution in [2.24, 2.45) is 0 Å². The Bertz CT molecular complexity index is 1450. The van der Waals surface area contributed by atoms with E-state index in [1.54, 1.807) is 6.07 Å². The first-order valence-electron chi connectivity index (χ1n) is 12.2. The number of fused-ring (bicyclic) bond motifs is 1. The molecule has 0 bridgehead atoms. The third-order valence-corrected chi connectivity index (χ3v) is 8.53. The van der Waals surface area contributed by atoms with Crippen LogP contribution < -0.4 is 5.32 Å². The summed E-state index contributed by atoms with van der Waals surface area (Å²) in [5.41, 5.74) is 1.61. The van der Waals surface area contributed by atoms with Crippen molar-refractivity contribution in [3.05, 3.63) is 100 Å². The molecule has 1 atom stereocenters. The van der Waals surface area contributed by atoms with E-state index in [1.165, 1.54) is 23.1 Å². The fourth-order valence-corrected chi connectivity index (χ4v) is 6.32. The van der Waals surface area contributed by atoms with Gasteiger partial charge >= 0.3 is 0 Å². The first kappa shape index (κ1) is 27.5. The van der Waals surface area contributed by atoms with Gasteiger partial charge in [0.1, 0.15) is 17.5 Å². The molecule has 0 spiro atoms. The molecule has 0 aromatic heterocycles. The summed E-state index contributed by atoms with van der Waals surface area (Å²) in [5, 5.41) is 2.88. The molecular weight excluding hydrogens is 570 g/mol. The smallest absolute Gasteiger partial charge is 0.269 e. The lowest BCUT2D eigenvalue weighted by molar-refractivity contribution is -0.141. The highest BCUT2D eigenvalue weighted by atomic mass is 79.9. The van der Waals surface area contributed by atoms with Gasteiger partial charge in [0, 0.05) is 24.0 Å². The van der Waals surface area contributed by atoms with Crippen LogP contribution in [0.3, 0.4) is 0 Å². The highest BCUT2D eigenvalue weighted by Crippen LogP contribution is 2.30. The summed E-state index contributed by atoms with van der Waals surface area (Å²) in [6, 6.07) is 21.6. The van der Waals surface area contributed by atoms with Crippen LogP contribution in [0.2, 0.25) is 0 Å². The van der Waals surface area contributed by atoms with Gasteiger partial charge in [-0.05, 0) is 41.8 Å². The number of nitrogens with zero attached hydrogens (tertiary/aromatic N) is 2. The molecule has 198 valence electrons. The van der Waals surface area contributed by atoms with Gasteiger partial charge in [0.05, 0.1) is 5.56 Å². The van der Waals surface area contributed by atoms with Gasteiger partial charge in [-0.3, -0.25) is 14.4 Å². The first-order chi connectivity index (χ1) is 18.2. The summed E-state index contributed by atoms with van der Waals surface area (Å²) >= 11 is 3.44. The molecule has 0 unspecified atom stereocenters. The van der Waals surface area contributed by atoms with Gasteiger partial charge < -0.3 is 10.2 Å². The van der Waals surface area contributed by atoms with Crippen LogP contribution in [-0.2, 0) is 32.6 Å². The highest BCUT2D eigenvalue weighted by molar-refractivity contribution is 9.10. The Hall–Kier alpha value is -3.50. The Morgan fingerprint density at radius 3 is 2.34 bits per heavy atom.